The topological polar surface area (TPSA) is 49.3 Å². The summed E-state index contributed by atoms with van der Waals surface area (Å²) in [6, 6.07) is 0.208. The smallest absolute Gasteiger partial charge is 0.404 e. The summed E-state index contributed by atoms with van der Waals surface area (Å²) in [5.74, 6) is 0. The SMILES string of the molecule is C[Si](C)(C)[C@H]1CC[C@@H](NC(=O)O)CC1. The van der Waals surface area contributed by atoms with Gasteiger partial charge in [-0.15, -0.1) is 0 Å². The van der Waals surface area contributed by atoms with Gasteiger partial charge in [0, 0.05) is 14.1 Å². The molecule has 1 aliphatic rings. The molecule has 0 saturated heterocycles. The fraction of sp³-hybridized carbons (Fsp3) is 0.900. The maximum Gasteiger partial charge on any atom is 0.404 e. The molecule has 1 rings (SSSR count). The minimum atomic E-state index is -1.00. The van der Waals surface area contributed by atoms with Gasteiger partial charge in [-0.2, -0.15) is 0 Å². The third kappa shape index (κ3) is 3.33. The molecule has 0 unspecified atom stereocenters. The number of amides is 1. The van der Waals surface area contributed by atoms with Crippen LogP contribution in [-0.4, -0.2) is 25.3 Å². The molecular weight excluding hydrogens is 194 g/mol. The highest BCUT2D eigenvalue weighted by Gasteiger charge is 2.31. The van der Waals surface area contributed by atoms with Crippen LogP contribution < -0.4 is 5.32 Å². The van der Waals surface area contributed by atoms with Crippen LogP contribution in [0.4, 0.5) is 4.79 Å². The maximum absolute atomic E-state index is 10.4. The molecule has 1 saturated carbocycles. The molecule has 0 atom stereocenters. The molecule has 82 valence electrons. The van der Waals surface area contributed by atoms with E-state index in [2.05, 4.69) is 25.0 Å². The first-order valence-corrected chi connectivity index (χ1v) is 8.97. The molecule has 0 bridgehead atoms. The van der Waals surface area contributed by atoms with Gasteiger partial charge in [0.2, 0.25) is 0 Å². The Labute approximate surface area is 86.9 Å². The molecule has 0 aromatic carbocycles. The summed E-state index contributed by atoms with van der Waals surface area (Å²) in [6.45, 7) is 7.22. The molecule has 4 heteroatoms. The summed E-state index contributed by atoms with van der Waals surface area (Å²) < 4.78 is 0. The Morgan fingerprint density at radius 2 is 1.71 bits per heavy atom. The summed E-state index contributed by atoms with van der Waals surface area (Å²) in [7, 11) is -1.00. The molecule has 1 amide bonds. The molecule has 0 heterocycles. The van der Waals surface area contributed by atoms with Crippen LogP contribution in [0.15, 0.2) is 0 Å². The highest BCUT2D eigenvalue weighted by atomic mass is 28.3. The summed E-state index contributed by atoms with van der Waals surface area (Å²) >= 11 is 0. The second-order valence-electron chi connectivity index (χ2n) is 5.36. The largest absolute Gasteiger partial charge is 0.465 e. The van der Waals surface area contributed by atoms with E-state index in [9.17, 15) is 4.79 Å². The lowest BCUT2D eigenvalue weighted by Crippen LogP contribution is -2.39. The average Bonchev–Trinajstić information content (AvgIpc) is 2.02. The van der Waals surface area contributed by atoms with E-state index in [0.29, 0.717) is 0 Å². The van der Waals surface area contributed by atoms with E-state index >= 15 is 0 Å². The Kier molecular flexibility index (Phi) is 3.58. The van der Waals surface area contributed by atoms with Crippen molar-refractivity contribution in [3.05, 3.63) is 0 Å². The van der Waals surface area contributed by atoms with Crippen molar-refractivity contribution >= 4 is 14.2 Å². The zero-order valence-corrected chi connectivity index (χ0v) is 10.3. The van der Waals surface area contributed by atoms with Crippen LogP contribution >= 0.6 is 0 Å². The second-order valence-corrected chi connectivity index (χ2v) is 10.9. The Morgan fingerprint density at radius 1 is 1.21 bits per heavy atom. The van der Waals surface area contributed by atoms with E-state index in [1.54, 1.807) is 0 Å². The van der Waals surface area contributed by atoms with Crippen LogP contribution in [0.3, 0.4) is 0 Å². The number of hydrogen-bond donors (Lipinski definition) is 2. The van der Waals surface area contributed by atoms with Crippen molar-refractivity contribution in [3.63, 3.8) is 0 Å². The van der Waals surface area contributed by atoms with Gasteiger partial charge in [0.1, 0.15) is 0 Å². The molecule has 3 nitrogen and oxygen atoms in total. The van der Waals surface area contributed by atoms with Crippen molar-refractivity contribution in [2.24, 2.45) is 0 Å². The Balaban J connectivity index is 2.35. The molecule has 0 radical (unpaired) electrons. The zero-order valence-electron chi connectivity index (χ0n) is 9.34. The molecule has 1 fully saturated rings. The lowest BCUT2D eigenvalue weighted by molar-refractivity contribution is 0.186. The highest BCUT2D eigenvalue weighted by Crippen LogP contribution is 2.36. The van der Waals surface area contributed by atoms with Crippen molar-refractivity contribution in [3.8, 4) is 0 Å². The standard InChI is InChI=1S/C10H21NO2Si/c1-14(2,3)9-6-4-8(5-7-9)11-10(12)13/h8-9,11H,4-7H2,1-3H3,(H,12,13)/t8-,9+. The van der Waals surface area contributed by atoms with Gasteiger partial charge in [-0.1, -0.05) is 32.5 Å². The van der Waals surface area contributed by atoms with Gasteiger partial charge in [-0.05, 0) is 18.4 Å². The summed E-state index contributed by atoms with van der Waals surface area (Å²) in [4.78, 5) is 10.4. The fourth-order valence-electron chi connectivity index (χ4n) is 2.28. The van der Waals surface area contributed by atoms with Gasteiger partial charge < -0.3 is 10.4 Å². The zero-order chi connectivity index (χ0) is 10.8. The number of carboxylic acid groups (broad SMARTS) is 1. The molecule has 2 N–H and O–H groups in total. The number of carbonyl (C=O) groups is 1. The first-order valence-electron chi connectivity index (χ1n) is 5.39. The van der Waals surface area contributed by atoms with E-state index in [4.69, 9.17) is 5.11 Å². The van der Waals surface area contributed by atoms with E-state index in [-0.39, 0.29) is 6.04 Å². The van der Waals surface area contributed by atoms with Crippen LogP contribution in [0, 0.1) is 0 Å². The lowest BCUT2D eigenvalue weighted by atomic mass is 9.95. The van der Waals surface area contributed by atoms with Crippen LogP contribution in [0.1, 0.15) is 25.7 Å². The van der Waals surface area contributed by atoms with Crippen molar-refractivity contribution in [2.45, 2.75) is 56.9 Å². The minimum Gasteiger partial charge on any atom is -0.465 e. The fourth-order valence-corrected chi connectivity index (χ4v) is 4.34. The minimum absolute atomic E-state index is 0.208. The predicted molar refractivity (Wildman–Crippen MR) is 60.5 cm³/mol. The molecule has 0 aromatic rings. The van der Waals surface area contributed by atoms with Crippen LogP contribution in [-0.2, 0) is 0 Å². The van der Waals surface area contributed by atoms with Gasteiger partial charge in [0.15, 0.2) is 0 Å². The van der Waals surface area contributed by atoms with Crippen LogP contribution in [0.5, 0.6) is 0 Å². The molecule has 0 aromatic heterocycles. The quantitative estimate of drug-likeness (QED) is 0.696. The van der Waals surface area contributed by atoms with E-state index in [1.165, 1.54) is 12.8 Å². The molecule has 0 aliphatic heterocycles. The lowest BCUT2D eigenvalue weighted by Gasteiger charge is -2.35. The maximum atomic E-state index is 10.4. The van der Waals surface area contributed by atoms with Gasteiger partial charge >= 0.3 is 6.09 Å². The van der Waals surface area contributed by atoms with E-state index in [0.717, 1.165) is 18.4 Å². The van der Waals surface area contributed by atoms with Crippen molar-refractivity contribution in [2.75, 3.05) is 0 Å². The first-order chi connectivity index (χ1) is 6.39. The molecular formula is C10H21NO2Si. The summed E-state index contributed by atoms with van der Waals surface area (Å²) in [6.07, 6.45) is 3.60. The number of rotatable bonds is 2. The second kappa shape index (κ2) is 4.34. The van der Waals surface area contributed by atoms with E-state index in [1.807, 2.05) is 0 Å². The summed E-state index contributed by atoms with van der Waals surface area (Å²) in [5.41, 5.74) is 0.884. The van der Waals surface area contributed by atoms with Crippen molar-refractivity contribution < 1.29 is 9.90 Å². The van der Waals surface area contributed by atoms with Gasteiger partial charge in [-0.3, -0.25) is 0 Å². The van der Waals surface area contributed by atoms with Gasteiger partial charge in [0.25, 0.3) is 0 Å². The monoisotopic (exact) mass is 215 g/mol. The van der Waals surface area contributed by atoms with E-state index < -0.39 is 14.2 Å². The Morgan fingerprint density at radius 3 is 2.07 bits per heavy atom. The van der Waals surface area contributed by atoms with Crippen molar-refractivity contribution in [1.29, 1.82) is 0 Å². The third-order valence-corrected chi connectivity index (χ3v) is 6.31. The highest BCUT2D eigenvalue weighted by molar-refractivity contribution is 6.77. The molecule has 1 aliphatic carbocycles. The third-order valence-electron chi connectivity index (χ3n) is 3.28. The van der Waals surface area contributed by atoms with Crippen LogP contribution in [0.2, 0.25) is 25.2 Å². The van der Waals surface area contributed by atoms with Gasteiger partial charge in [0.05, 0.1) is 0 Å². The number of hydrogen-bond acceptors (Lipinski definition) is 1. The predicted octanol–water partition coefficient (Wildman–Crippen LogP) is 2.91. The van der Waals surface area contributed by atoms with Crippen LogP contribution in [0.25, 0.3) is 0 Å². The Bertz CT molecular complexity index is 205. The molecule has 14 heavy (non-hydrogen) atoms. The first kappa shape index (κ1) is 11.6. The van der Waals surface area contributed by atoms with Gasteiger partial charge in [-0.25, -0.2) is 4.79 Å². The summed E-state index contributed by atoms with van der Waals surface area (Å²) in [5, 5.41) is 11.2. The molecule has 0 spiro atoms. The number of nitrogens with one attached hydrogen (secondary N) is 1. The Hall–Kier alpha value is -0.513. The average molecular weight is 215 g/mol. The van der Waals surface area contributed by atoms with Crippen molar-refractivity contribution in [1.82, 2.24) is 5.32 Å². The normalized spacial score (nSPS) is 28.5.